The molecule has 0 heterocycles. The number of nitrogens with one attached hydrogen (secondary N) is 1. The first-order valence-corrected chi connectivity index (χ1v) is 6.54. The minimum atomic E-state index is -0.564. The molecule has 19 heavy (non-hydrogen) atoms. The lowest BCUT2D eigenvalue weighted by molar-refractivity contribution is -0.124. The monoisotopic (exact) mass is 263 g/mol. The zero-order valence-electron chi connectivity index (χ0n) is 11.6. The van der Waals surface area contributed by atoms with E-state index in [0.29, 0.717) is 0 Å². The van der Waals surface area contributed by atoms with Crippen molar-refractivity contribution in [3.8, 4) is 5.75 Å². The molecule has 0 radical (unpaired) electrons. The van der Waals surface area contributed by atoms with Crippen molar-refractivity contribution in [3.05, 3.63) is 29.8 Å². The third-order valence-corrected chi connectivity index (χ3v) is 3.52. The van der Waals surface area contributed by atoms with E-state index in [0.717, 1.165) is 17.7 Å². The summed E-state index contributed by atoms with van der Waals surface area (Å²) < 4.78 is 5.33. The number of hydrogen-bond acceptors (Lipinski definition) is 3. The second-order valence-electron chi connectivity index (χ2n) is 5.72. The van der Waals surface area contributed by atoms with Gasteiger partial charge in [-0.15, -0.1) is 0 Å². The third kappa shape index (κ3) is 3.07. The SMILES string of the molecule is COc1ccccc1C1CC1C(=O)NC(C)(C)CO. The lowest BCUT2D eigenvalue weighted by atomic mass is 10.1. The van der Waals surface area contributed by atoms with E-state index in [4.69, 9.17) is 4.74 Å². The second kappa shape index (κ2) is 5.21. The molecule has 2 rings (SSSR count). The largest absolute Gasteiger partial charge is 0.496 e. The van der Waals surface area contributed by atoms with E-state index >= 15 is 0 Å². The third-order valence-electron chi connectivity index (χ3n) is 3.52. The van der Waals surface area contributed by atoms with E-state index in [9.17, 15) is 9.90 Å². The highest BCUT2D eigenvalue weighted by atomic mass is 16.5. The molecule has 2 atom stereocenters. The van der Waals surface area contributed by atoms with Crippen LogP contribution in [-0.4, -0.2) is 30.3 Å². The maximum Gasteiger partial charge on any atom is 0.224 e. The second-order valence-corrected chi connectivity index (χ2v) is 5.72. The molecule has 1 aliphatic carbocycles. The van der Waals surface area contributed by atoms with Gasteiger partial charge in [-0.2, -0.15) is 0 Å². The first-order chi connectivity index (χ1) is 8.98. The van der Waals surface area contributed by atoms with Crippen molar-refractivity contribution in [1.82, 2.24) is 5.32 Å². The molecule has 1 fully saturated rings. The van der Waals surface area contributed by atoms with E-state index < -0.39 is 5.54 Å². The quantitative estimate of drug-likeness (QED) is 0.850. The van der Waals surface area contributed by atoms with Crippen molar-refractivity contribution in [1.29, 1.82) is 0 Å². The fourth-order valence-corrected chi connectivity index (χ4v) is 2.27. The normalized spacial score (nSPS) is 21.9. The molecule has 2 N–H and O–H groups in total. The Hall–Kier alpha value is -1.55. The van der Waals surface area contributed by atoms with Crippen LogP contribution in [0.4, 0.5) is 0 Å². The number of rotatable bonds is 5. The van der Waals surface area contributed by atoms with Crippen molar-refractivity contribution in [2.45, 2.75) is 31.7 Å². The number of methoxy groups -OCH3 is 1. The lowest BCUT2D eigenvalue weighted by Crippen LogP contribution is -2.47. The summed E-state index contributed by atoms with van der Waals surface area (Å²) in [4.78, 5) is 12.1. The van der Waals surface area contributed by atoms with Gasteiger partial charge in [-0.3, -0.25) is 4.79 Å². The van der Waals surface area contributed by atoms with Gasteiger partial charge in [0.15, 0.2) is 0 Å². The topological polar surface area (TPSA) is 58.6 Å². The maximum atomic E-state index is 12.1. The fraction of sp³-hybridized carbons (Fsp3) is 0.533. The van der Waals surface area contributed by atoms with E-state index in [-0.39, 0.29) is 24.3 Å². The van der Waals surface area contributed by atoms with E-state index in [1.807, 2.05) is 38.1 Å². The van der Waals surface area contributed by atoms with E-state index in [2.05, 4.69) is 5.32 Å². The summed E-state index contributed by atoms with van der Waals surface area (Å²) in [7, 11) is 1.64. The first-order valence-electron chi connectivity index (χ1n) is 6.54. The van der Waals surface area contributed by atoms with Crippen LogP contribution < -0.4 is 10.1 Å². The molecule has 0 bridgehead atoms. The zero-order valence-corrected chi connectivity index (χ0v) is 11.6. The van der Waals surface area contributed by atoms with Gasteiger partial charge in [0.25, 0.3) is 0 Å². The molecule has 4 heteroatoms. The van der Waals surface area contributed by atoms with Gasteiger partial charge >= 0.3 is 0 Å². The van der Waals surface area contributed by atoms with Crippen LogP contribution in [-0.2, 0) is 4.79 Å². The number of amides is 1. The number of hydrogen-bond donors (Lipinski definition) is 2. The van der Waals surface area contributed by atoms with Gasteiger partial charge in [-0.1, -0.05) is 18.2 Å². The maximum absolute atomic E-state index is 12.1. The number of ether oxygens (including phenoxy) is 1. The molecule has 2 unspecified atom stereocenters. The number of aliphatic hydroxyl groups is 1. The van der Waals surface area contributed by atoms with Crippen molar-refractivity contribution >= 4 is 5.91 Å². The number of carbonyl (C=O) groups excluding carboxylic acids is 1. The molecule has 1 aromatic carbocycles. The highest BCUT2D eigenvalue weighted by molar-refractivity contribution is 5.83. The van der Waals surface area contributed by atoms with Crippen LogP contribution in [0.25, 0.3) is 0 Å². The predicted octanol–water partition coefficient (Wildman–Crippen LogP) is 1.69. The summed E-state index contributed by atoms with van der Waals surface area (Å²) in [5.74, 6) is 1.06. The van der Waals surface area contributed by atoms with Crippen LogP contribution in [0, 0.1) is 5.92 Å². The lowest BCUT2D eigenvalue weighted by Gasteiger charge is -2.23. The molecule has 1 saturated carbocycles. The molecule has 104 valence electrons. The average Bonchev–Trinajstić information content (AvgIpc) is 3.18. The Balaban J connectivity index is 2.03. The molecular weight excluding hydrogens is 242 g/mol. The number of benzene rings is 1. The number of aliphatic hydroxyl groups excluding tert-OH is 1. The summed E-state index contributed by atoms with van der Waals surface area (Å²) in [5.41, 5.74) is 0.525. The van der Waals surface area contributed by atoms with Gasteiger partial charge in [-0.05, 0) is 37.8 Å². The number of para-hydroxylation sites is 1. The van der Waals surface area contributed by atoms with E-state index in [1.54, 1.807) is 7.11 Å². The molecule has 4 nitrogen and oxygen atoms in total. The summed E-state index contributed by atoms with van der Waals surface area (Å²) in [6, 6.07) is 7.81. The van der Waals surface area contributed by atoms with Gasteiger partial charge in [0.1, 0.15) is 5.75 Å². The zero-order chi connectivity index (χ0) is 14.0. The van der Waals surface area contributed by atoms with Crippen LogP contribution in [0.15, 0.2) is 24.3 Å². The van der Waals surface area contributed by atoms with Gasteiger partial charge in [0.05, 0.1) is 19.3 Å². The summed E-state index contributed by atoms with van der Waals surface area (Å²) >= 11 is 0. The highest BCUT2D eigenvalue weighted by Gasteiger charge is 2.46. The average molecular weight is 263 g/mol. The Morgan fingerprint density at radius 2 is 2.16 bits per heavy atom. The molecule has 0 spiro atoms. The molecule has 1 aliphatic rings. The van der Waals surface area contributed by atoms with E-state index in [1.165, 1.54) is 0 Å². The van der Waals surface area contributed by atoms with Crippen molar-refractivity contribution in [2.75, 3.05) is 13.7 Å². The van der Waals surface area contributed by atoms with Crippen LogP contribution in [0.1, 0.15) is 31.7 Å². The summed E-state index contributed by atoms with van der Waals surface area (Å²) in [6.45, 7) is 3.56. The molecule has 0 aliphatic heterocycles. The first kappa shape index (κ1) is 13.9. The Morgan fingerprint density at radius 3 is 2.79 bits per heavy atom. The van der Waals surface area contributed by atoms with Crippen LogP contribution in [0.3, 0.4) is 0 Å². The minimum Gasteiger partial charge on any atom is -0.496 e. The smallest absolute Gasteiger partial charge is 0.224 e. The molecule has 1 amide bonds. The van der Waals surface area contributed by atoms with Crippen LogP contribution >= 0.6 is 0 Å². The predicted molar refractivity (Wildman–Crippen MR) is 73.1 cm³/mol. The summed E-state index contributed by atoms with van der Waals surface area (Å²) in [6.07, 6.45) is 0.841. The Morgan fingerprint density at radius 1 is 1.47 bits per heavy atom. The van der Waals surface area contributed by atoms with Crippen LogP contribution in [0.2, 0.25) is 0 Å². The fourth-order valence-electron chi connectivity index (χ4n) is 2.27. The Kier molecular flexibility index (Phi) is 3.80. The standard InChI is InChI=1S/C15H21NO3/c1-15(2,9-17)16-14(18)12-8-11(12)10-6-4-5-7-13(10)19-3/h4-7,11-12,17H,8-9H2,1-3H3,(H,16,18). The van der Waals surface area contributed by atoms with Crippen molar-refractivity contribution in [3.63, 3.8) is 0 Å². The van der Waals surface area contributed by atoms with Crippen LogP contribution in [0.5, 0.6) is 5.75 Å². The van der Waals surface area contributed by atoms with Gasteiger partial charge < -0.3 is 15.2 Å². The Bertz CT molecular complexity index is 470. The Labute approximate surface area is 113 Å². The summed E-state index contributed by atoms with van der Waals surface area (Å²) in [5, 5.41) is 12.1. The molecule has 1 aromatic rings. The molecule has 0 aromatic heterocycles. The molecular formula is C15H21NO3. The van der Waals surface area contributed by atoms with Gasteiger partial charge in [0.2, 0.25) is 5.91 Å². The highest BCUT2D eigenvalue weighted by Crippen LogP contribution is 2.50. The van der Waals surface area contributed by atoms with Crippen molar-refractivity contribution in [2.24, 2.45) is 5.92 Å². The van der Waals surface area contributed by atoms with Gasteiger partial charge in [0, 0.05) is 5.92 Å². The molecule has 0 saturated heterocycles. The minimum absolute atomic E-state index is 0.00922. The van der Waals surface area contributed by atoms with Crippen molar-refractivity contribution < 1.29 is 14.6 Å². The van der Waals surface area contributed by atoms with Gasteiger partial charge in [-0.25, -0.2) is 0 Å². The number of carbonyl (C=O) groups is 1.